The summed E-state index contributed by atoms with van der Waals surface area (Å²) in [5.74, 6) is 1.60. The van der Waals surface area contributed by atoms with Gasteiger partial charge in [-0.3, -0.25) is 0 Å². The van der Waals surface area contributed by atoms with E-state index in [0.717, 1.165) is 12.8 Å². The quantitative estimate of drug-likeness (QED) is 0.510. The molecule has 0 aromatic heterocycles. The topological polar surface area (TPSA) is 66.0 Å². The highest BCUT2D eigenvalue weighted by Crippen LogP contribution is 2.31. The molecule has 32 heavy (non-hydrogen) atoms. The number of nitriles is 2. The molecule has 0 amide bonds. The van der Waals surface area contributed by atoms with Crippen LogP contribution in [-0.4, -0.2) is 70.8 Å². The fourth-order valence-electron chi connectivity index (χ4n) is 3.56. The van der Waals surface area contributed by atoms with Crippen molar-refractivity contribution in [1.82, 2.24) is 0 Å². The lowest BCUT2D eigenvalue weighted by Gasteiger charge is -2.28. The second-order valence-corrected chi connectivity index (χ2v) is 7.34. The Morgan fingerprint density at radius 3 is 1.25 bits per heavy atom. The van der Waals surface area contributed by atoms with Gasteiger partial charge in [-0.2, -0.15) is 0 Å². The van der Waals surface area contributed by atoms with Crippen LogP contribution in [0.2, 0.25) is 11.6 Å². The van der Waals surface area contributed by atoms with Crippen LogP contribution in [0.25, 0.3) is 0 Å². The Kier molecular flexibility index (Phi) is 10.6. The zero-order valence-electron chi connectivity index (χ0n) is 17.7. The molecule has 2 aromatic rings. The largest absolute Gasteiger partial charge is 0.388 e. The fourth-order valence-corrected chi connectivity index (χ4v) is 3.56. The lowest BCUT2D eigenvalue weighted by molar-refractivity contribution is 0.506. The molecule has 0 bridgehead atoms. The van der Waals surface area contributed by atoms with Crippen molar-refractivity contribution >= 4 is 70.8 Å². The number of ether oxygens (including phenoxy) is 2. The van der Waals surface area contributed by atoms with Crippen LogP contribution in [0.15, 0.2) is 48.5 Å². The van der Waals surface area contributed by atoms with Crippen molar-refractivity contribution in [2.75, 3.05) is 0 Å². The molecule has 1 aliphatic rings. The Hall–Kier alpha value is -2.33. The molecule has 0 spiro atoms. The first-order chi connectivity index (χ1) is 15.8. The van der Waals surface area contributed by atoms with E-state index in [1.807, 2.05) is 90.9 Å². The maximum Gasteiger partial charge on any atom is 0.292 e. The molecule has 4 nitrogen and oxygen atoms in total. The normalized spacial score (nSPS) is 17.6. The number of benzene rings is 2. The monoisotopic (exact) mass is 400 g/mol. The minimum Gasteiger partial charge on any atom is -0.388 e. The van der Waals surface area contributed by atoms with Crippen LogP contribution in [0.1, 0.15) is 11.1 Å². The highest BCUT2D eigenvalue weighted by molar-refractivity contribution is 7.69. The van der Waals surface area contributed by atoms with Crippen molar-refractivity contribution in [2.45, 2.75) is 24.5 Å². The van der Waals surface area contributed by atoms with Crippen LogP contribution in [0.5, 0.6) is 11.5 Å². The smallest absolute Gasteiger partial charge is 0.292 e. The van der Waals surface area contributed by atoms with Gasteiger partial charge >= 0.3 is 0 Å². The summed E-state index contributed by atoms with van der Waals surface area (Å²) in [6.45, 7) is 0. The number of hydrogen-bond acceptors (Lipinski definition) is 4. The van der Waals surface area contributed by atoms with Gasteiger partial charge < -0.3 is 9.47 Å². The van der Waals surface area contributed by atoms with E-state index >= 15 is 0 Å². The van der Waals surface area contributed by atoms with Crippen LogP contribution in [-0.2, 0) is 12.8 Å². The van der Waals surface area contributed by atoms with E-state index in [4.69, 9.17) is 20.0 Å². The van der Waals surface area contributed by atoms with Crippen molar-refractivity contribution in [2.24, 2.45) is 0 Å². The molecule has 2 atom stereocenters. The Balaban J connectivity index is 1.75. The number of hydrogen-bond donors (Lipinski definition) is 0. The lowest BCUT2D eigenvalue weighted by Crippen LogP contribution is -2.37. The molecule has 0 aliphatic carbocycles. The van der Waals surface area contributed by atoms with E-state index in [2.05, 4.69) is 28.5 Å². The molecule has 2 unspecified atom stereocenters. The number of nitrogens with zero attached hydrogens (tertiary/aromatic N) is 2. The van der Waals surface area contributed by atoms with Gasteiger partial charge in [0.15, 0.2) is 0 Å². The highest BCUT2D eigenvalue weighted by Gasteiger charge is 2.23. The zero-order valence-corrected chi connectivity index (χ0v) is 17.7. The second-order valence-electron chi connectivity index (χ2n) is 7.34. The van der Waals surface area contributed by atoms with Gasteiger partial charge in [0.2, 0.25) is 0 Å². The van der Waals surface area contributed by atoms with Gasteiger partial charge in [0.05, 0.1) is 14.3 Å². The molecule has 3 rings (SSSR count). The summed E-state index contributed by atoms with van der Waals surface area (Å²) in [6, 6.07) is 15.3. The summed E-state index contributed by atoms with van der Waals surface area (Å²) in [5.41, 5.74) is 2.35. The van der Waals surface area contributed by atoms with E-state index in [0.29, 0.717) is 11.5 Å². The lowest BCUT2D eigenvalue weighted by atomic mass is 8.87. The standard InChI is InChI=1S/C18H14B10N2O2/c29-11-31-15-5-1-13(2-6-15)9-17-18(10-14-3-7-16(8-4-14)32-12-30)20-22-24-26-28-27-25-23-21-19-17/h1-8,17-18H,9-10H2. The third kappa shape index (κ3) is 8.31. The van der Waals surface area contributed by atoms with Gasteiger partial charge in [0, 0.05) is 56.5 Å². The summed E-state index contributed by atoms with van der Waals surface area (Å²) in [5, 5.41) is 17.4. The van der Waals surface area contributed by atoms with Crippen LogP contribution < -0.4 is 9.47 Å². The average molecular weight is 398 g/mol. The van der Waals surface area contributed by atoms with E-state index in [9.17, 15) is 0 Å². The van der Waals surface area contributed by atoms with Crippen molar-refractivity contribution in [3.63, 3.8) is 0 Å². The molecular weight excluding hydrogens is 384 g/mol. The van der Waals surface area contributed by atoms with Gasteiger partial charge in [0.25, 0.3) is 12.5 Å². The summed E-state index contributed by atoms with van der Waals surface area (Å²) in [7, 11) is 20.8. The Labute approximate surface area is 198 Å². The first-order valence-corrected chi connectivity index (χ1v) is 10.4. The Morgan fingerprint density at radius 2 is 0.906 bits per heavy atom. The minimum atomic E-state index is 0.255. The zero-order chi connectivity index (χ0) is 22.4. The molecule has 1 aliphatic heterocycles. The summed E-state index contributed by atoms with van der Waals surface area (Å²) in [4.78, 5) is 0. The van der Waals surface area contributed by atoms with Crippen LogP contribution >= 0.6 is 0 Å². The van der Waals surface area contributed by atoms with E-state index in [-0.39, 0.29) is 11.6 Å². The molecular formula is C18H14B10N2O2. The predicted octanol–water partition coefficient (Wildman–Crippen LogP) is 0.0592. The number of rotatable bonds is 6. The molecule has 10 radical (unpaired) electrons. The Bertz CT molecular complexity index is 828. The average Bonchev–Trinajstić information content (AvgIpc) is 2.80. The molecule has 1 saturated heterocycles. The molecule has 0 saturated carbocycles. The van der Waals surface area contributed by atoms with Crippen molar-refractivity contribution in [1.29, 1.82) is 10.5 Å². The molecule has 1 fully saturated rings. The van der Waals surface area contributed by atoms with E-state index < -0.39 is 0 Å². The van der Waals surface area contributed by atoms with Gasteiger partial charge in [-0.15, -0.1) is 10.5 Å². The van der Waals surface area contributed by atoms with Crippen LogP contribution in [0.4, 0.5) is 0 Å². The Morgan fingerprint density at radius 1 is 0.562 bits per heavy atom. The van der Waals surface area contributed by atoms with Gasteiger partial charge in [-0.1, -0.05) is 35.9 Å². The fraction of sp³-hybridized carbons (Fsp3) is 0.222. The third-order valence-electron chi connectivity index (χ3n) is 5.16. The second kappa shape index (κ2) is 13.9. The molecule has 0 N–H and O–H groups in total. The van der Waals surface area contributed by atoms with Crippen molar-refractivity contribution < 1.29 is 9.47 Å². The van der Waals surface area contributed by atoms with Crippen LogP contribution in [0, 0.1) is 23.0 Å². The molecule has 14 heteroatoms. The van der Waals surface area contributed by atoms with Gasteiger partial charge in [-0.05, 0) is 48.2 Å². The van der Waals surface area contributed by atoms with Gasteiger partial charge in [-0.25, -0.2) is 0 Å². The van der Waals surface area contributed by atoms with Crippen LogP contribution in [0.3, 0.4) is 0 Å². The maximum absolute atomic E-state index is 8.69. The molecule has 2 aromatic carbocycles. The van der Waals surface area contributed by atoms with E-state index in [1.54, 1.807) is 12.5 Å². The molecule has 138 valence electrons. The summed E-state index contributed by atoms with van der Waals surface area (Å²) >= 11 is 0. The molecule has 1 heterocycles. The van der Waals surface area contributed by atoms with Gasteiger partial charge in [0.1, 0.15) is 11.5 Å². The first kappa shape index (κ1) is 24.3. The summed E-state index contributed by atoms with van der Waals surface area (Å²) in [6.07, 6.45) is 5.10. The summed E-state index contributed by atoms with van der Waals surface area (Å²) < 4.78 is 9.80. The third-order valence-corrected chi connectivity index (χ3v) is 5.16. The first-order valence-electron chi connectivity index (χ1n) is 10.4. The minimum absolute atomic E-state index is 0.255. The maximum atomic E-state index is 8.69. The predicted molar refractivity (Wildman–Crippen MR) is 138 cm³/mol. The van der Waals surface area contributed by atoms with E-state index in [1.165, 1.54) is 11.1 Å². The van der Waals surface area contributed by atoms with Crippen molar-refractivity contribution in [3.05, 3.63) is 59.7 Å². The van der Waals surface area contributed by atoms with Crippen molar-refractivity contribution in [3.8, 4) is 24.0 Å². The SMILES string of the molecule is N#COc1ccc(CC2[B][B][B][B][B][B][B][B][B][B]C2Cc2ccc(OC#N)cc2)cc1. The highest BCUT2D eigenvalue weighted by atomic mass is 16.5.